The fourth-order valence-corrected chi connectivity index (χ4v) is 3.66. The predicted octanol–water partition coefficient (Wildman–Crippen LogP) is 2.81. The van der Waals surface area contributed by atoms with E-state index < -0.39 is 0 Å². The lowest BCUT2D eigenvalue weighted by molar-refractivity contribution is -0.119. The van der Waals surface area contributed by atoms with Gasteiger partial charge in [-0.05, 0) is 76.0 Å². The van der Waals surface area contributed by atoms with E-state index in [2.05, 4.69) is 10.2 Å². The molecule has 2 saturated heterocycles. The molecule has 0 atom stereocenters. The third kappa shape index (κ3) is 5.05. The average molecular weight is 343 g/mol. The second kappa shape index (κ2) is 8.99. The second-order valence-corrected chi connectivity index (χ2v) is 7.06. The van der Waals surface area contributed by atoms with Crippen LogP contribution in [0, 0.1) is 0 Å². The Kier molecular flexibility index (Phi) is 6.45. The molecule has 0 saturated carbocycles. The van der Waals surface area contributed by atoms with Crippen molar-refractivity contribution >= 4 is 17.5 Å². The summed E-state index contributed by atoms with van der Waals surface area (Å²) in [5, 5.41) is 3.00. The number of likely N-dealkylation sites (tertiary alicyclic amines) is 1. The highest BCUT2D eigenvalue weighted by Gasteiger charge is 2.19. The summed E-state index contributed by atoms with van der Waals surface area (Å²) < 4.78 is 0. The molecule has 5 heteroatoms. The summed E-state index contributed by atoms with van der Waals surface area (Å²) in [5.74, 6) is 0.149. The maximum Gasteiger partial charge on any atom is 0.251 e. The maximum absolute atomic E-state index is 12.2. The van der Waals surface area contributed by atoms with Crippen molar-refractivity contribution in [2.45, 2.75) is 44.9 Å². The first kappa shape index (κ1) is 17.9. The predicted molar refractivity (Wildman–Crippen MR) is 99.9 cm³/mol. The van der Waals surface area contributed by atoms with E-state index in [0.717, 1.165) is 38.0 Å². The van der Waals surface area contributed by atoms with Crippen LogP contribution in [0.4, 0.5) is 5.69 Å². The highest BCUT2D eigenvalue weighted by Crippen LogP contribution is 2.21. The van der Waals surface area contributed by atoms with Gasteiger partial charge >= 0.3 is 0 Å². The van der Waals surface area contributed by atoms with E-state index >= 15 is 0 Å². The van der Waals surface area contributed by atoms with Gasteiger partial charge in [0, 0.05) is 30.8 Å². The van der Waals surface area contributed by atoms with E-state index in [1.54, 1.807) is 0 Å². The molecule has 5 nitrogen and oxygen atoms in total. The Labute approximate surface area is 150 Å². The lowest BCUT2D eigenvalue weighted by Crippen LogP contribution is -2.35. The van der Waals surface area contributed by atoms with Crippen LogP contribution in [-0.2, 0) is 4.79 Å². The number of hydrogen-bond acceptors (Lipinski definition) is 3. The minimum atomic E-state index is -0.0323. The van der Waals surface area contributed by atoms with Crippen molar-refractivity contribution in [1.29, 1.82) is 0 Å². The molecule has 25 heavy (non-hydrogen) atoms. The fourth-order valence-electron chi connectivity index (χ4n) is 3.66. The van der Waals surface area contributed by atoms with Crippen LogP contribution in [0.5, 0.6) is 0 Å². The number of piperidine rings is 2. The van der Waals surface area contributed by atoms with Gasteiger partial charge in [0.2, 0.25) is 5.91 Å². The highest BCUT2D eigenvalue weighted by molar-refractivity contribution is 5.96. The summed E-state index contributed by atoms with van der Waals surface area (Å²) >= 11 is 0. The molecule has 0 radical (unpaired) electrons. The van der Waals surface area contributed by atoms with Crippen molar-refractivity contribution in [3.8, 4) is 0 Å². The maximum atomic E-state index is 12.2. The first-order valence-corrected chi connectivity index (χ1v) is 9.65. The van der Waals surface area contributed by atoms with Gasteiger partial charge in [-0.3, -0.25) is 9.59 Å². The SMILES string of the molecule is O=C(NCCCN1CCCCC1)c1ccc(N2CCCCC2=O)cc1. The molecule has 2 heterocycles. The van der Waals surface area contributed by atoms with Crippen LogP contribution in [0.25, 0.3) is 0 Å². The normalized spacial score (nSPS) is 19.0. The minimum Gasteiger partial charge on any atom is -0.352 e. The lowest BCUT2D eigenvalue weighted by atomic mass is 10.1. The number of carbonyl (C=O) groups is 2. The number of amides is 2. The van der Waals surface area contributed by atoms with Gasteiger partial charge in [-0.15, -0.1) is 0 Å². The van der Waals surface area contributed by atoms with Crippen LogP contribution in [-0.4, -0.2) is 49.4 Å². The topological polar surface area (TPSA) is 52.7 Å². The van der Waals surface area contributed by atoms with Gasteiger partial charge in [-0.25, -0.2) is 0 Å². The van der Waals surface area contributed by atoms with Crippen molar-refractivity contribution in [3.63, 3.8) is 0 Å². The van der Waals surface area contributed by atoms with E-state index in [-0.39, 0.29) is 11.8 Å². The van der Waals surface area contributed by atoms with Crippen LogP contribution < -0.4 is 10.2 Å². The highest BCUT2D eigenvalue weighted by atomic mass is 16.2. The van der Waals surface area contributed by atoms with Crippen LogP contribution >= 0.6 is 0 Å². The summed E-state index contributed by atoms with van der Waals surface area (Å²) in [5.41, 5.74) is 1.55. The monoisotopic (exact) mass is 343 g/mol. The van der Waals surface area contributed by atoms with Crippen LogP contribution in [0.3, 0.4) is 0 Å². The Morgan fingerprint density at radius 2 is 1.68 bits per heavy atom. The molecule has 1 N–H and O–H groups in total. The second-order valence-electron chi connectivity index (χ2n) is 7.06. The van der Waals surface area contributed by atoms with E-state index in [4.69, 9.17) is 0 Å². The van der Waals surface area contributed by atoms with E-state index in [1.165, 1.54) is 32.4 Å². The number of anilines is 1. The largest absolute Gasteiger partial charge is 0.352 e. The smallest absolute Gasteiger partial charge is 0.251 e. The van der Waals surface area contributed by atoms with Gasteiger partial charge in [0.25, 0.3) is 5.91 Å². The van der Waals surface area contributed by atoms with E-state index in [1.807, 2.05) is 29.2 Å². The molecule has 3 rings (SSSR count). The van der Waals surface area contributed by atoms with Gasteiger partial charge in [0.05, 0.1) is 0 Å². The summed E-state index contributed by atoms with van der Waals surface area (Å²) in [7, 11) is 0. The molecule has 2 amide bonds. The minimum absolute atomic E-state index is 0.0323. The quantitative estimate of drug-likeness (QED) is 0.808. The van der Waals surface area contributed by atoms with Crippen LogP contribution in [0.2, 0.25) is 0 Å². The van der Waals surface area contributed by atoms with Crippen molar-refractivity contribution in [3.05, 3.63) is 29.8 Å². The molecule has 0 aromatic heterocycles. The van der Waals surface area contributed by atoms with Gasteiger partial charge in [-0.1, -0.05) is 6.42 Å². The van der Waals surface area contributed by atoms with E-state index in [0.29, 0.717) is 18.5 Å². The molecular formula is C20H29N3O2. The van der Waals surface area contributed by atoms with Gasteiger partial charge in [-0.2, -0.15) is 0 Å². The number of rotatable bonds is 6. The molecule has 2 aliphatic heterocycles. The number of benzene rings is 1. The van der Waals surface area contributed by atoms with Gasteiger partial charge < -0.3 is 15.1 Å². The summed E-state index contributed by atoms with van der Waals surface area (Å²) in [6, 6.07) is 7.39. The molecular weight excluding hydrogens is 314 g/mol. The summed E-state index contributed by atoms with van der Waals surface area (Å²) in [6.45, 7) is 4.95. The zero-order chi connectivity index (χ0) is 17.5. The number of nitrogens with zero attached hydrogens (tertiary/aromatic N) is 2. The molecule has 2 fully saturated rings. The first-order chi connectivity index (χ1) is 12.2. The van der Waals surface area contributed by atoms with Crippen molar-refractivity contribution < 1.29 is 9.59 Å². The Morgan fingerprint density at radius 1 is 0.960 bits per heavy atom. The van der Waals surface area contributed by atoms with Crippen LogP contribution in [0.1, 0.15) is 55.3 Å². The van der Waals surface area contributed by atoms with Crippen LogP contribution in [0.15, 0.2) is 24.3 Å². The van der Waals surface area contributed by atoms with Crippen molar-refractivity contribution in [1.82, 2.24) is 10.2 Å². The third-order valence-corrected chi connectivity index (χ3v) is 5.15. The Hall–Kier alpha value is -1.88. The first-order valence-electron chi connectivity index (χ1n) is 9.65. The number of carbonyl (C=O) groups excluding carboxylic acids is 2. The van der Waals surface area contributed by atoms with Gasteiger partial charge in [0.15, 0.2) is 0 Å². The third-order valence-electron chi connectivity index (χ3n) is 5.15. The van der Waals surface area contributed by atoms with Crippen molar-refractivity contribution in [2.24, 2.45) is 0 Å². The summed E-state index contributed by atoms with van der Waals surface area (Å²) in [4.78, 5) is 28.5. The lowest BCUT2D eigenvalue weighted by Gasteiger charge is -2.27. The standard InChI is InChI=1S/C20H29N3O2/c24-19-7-2-5-16-23(19)18-10-8-17(9-11-18)20(25)21-12-6-15-22-13-3-1-4-14-22/h8-11H,1-7,12-16H2,(H,21,25). The molecule has 2 aliphatic rings. The molecule has 0 aliphatic carbocycles. The fraction of sp³-hybridized carbons (Fsp3) is 0.600. The van der Waals surface area contributed by atoms with E-state index in [9.17, 15) is 9.59 Å². The van der Waals surface area contributed by atoms with Gasteiger partial charge in [0.1, 0.15) is 0 Å². The molecule has 136 valence electrons. The average Bonchev–Trinajstić information content (AvgIpc) is 2.66. The molecule has 0 bridgehead atoms. The summed E-state index contributed by atoms with van der Waals surface area (Å²) in [6.07, 6.45) is 7.60. The Bertz CT molecular complexity index is 579. The zero-order valence-corrected chi connectivity index (χ0v) is 15.0. The molecule has 1 aromatic rings. The Morgan fingerprint density at radius 3 is 2.40 bits per heavy atom. The van der Waals surface area contributed by atoms with Crippen molar-refractivity contribution in [2.75, 3.05) is 37.6 Å². The molecule has 0 spiro atoms. The number of nitrogens with one attached hydrogen (secondary N) is 1. The zero-order valence-electron chi connectivity index (χ0n) is 15.0. The molecule has 0 unspecified atom stereocenters. The molecule has 1 aromatic carbocycles. The number of hydrogen-bond donors (Lipinski definition) is 1. The Balaban J connectivity index is 1.43.